The topological polar surface area (TPSA) is 68.7 Å². The number of nitriles is 1. The van der Waals surface area contributed by atoms with E-state index in [1.54, 1.807) is 6.07 Å². The zero-order chi connectivity index (χ0) is 19.4. The highest BCUT2D eigenvalue weighted by Gasteiger charge is 2.24. The lowest BCUT2D eigenvalue weighted by atomic mass is 9.87. The van der Waals surface area contributed by atoms with Crippen LogP contribution in [0.2, 0.25) is 5.02 Å². The fourth-order valence-corrected chi connectivity index (χ4v) is 3.55. The van der Waals surface area contributed by atoms with Crippen LogP contribution in [0.3, 0.4) is 0 Å². The Labute approximate surface area is 164 Å². The van der Waals surface area contributed by atoms with Gasteiger partial charge < -0.3 is 10.3 Å². The molecule has 1 atom stereocenters. The number of fused-ring (bicyclic) bond motifs is 1. The molecule has 1 heterocycles. The molecule has 3 rings (SSSR count). The third-order valence-electron chi connectivity index (χ3n) is 4.62. The highest BCUT2D eigenvalue weighted by molar-refractivity contribution is 6.32. The maximum Gasteiger partial charge on any atom is 0.220 e. The van der Waals surface area contributed by atoms with Crippen molar-refractivity contribution in [2.45, 2.75) is 26.2 Å². The standard InChI is InChI=1S/C22H22ClN3O/c1-14(2)12-26-21(27)10-18(17-8-5-6-15(11-24)22(17)23)19-13-25-20-9-4-3-7-16(19)20/h3-9,13-14,18,25H,10,12H2,1-2H3,(H,26,27)/t18-/m1/s1. The van der Waals surface area contributed by atoms with Gasteiger partial charge in [0.05, 0.1) is 10.6 Å². The van der Waals surface area contributed by atoms with Crippen molar-refractivity contribution < 1.29 is 4.79 Å². The molecular formula is C22H22ClN3O. The smallest absolute Gasteiger partial charge is 0.220 e. The number of para-hydroxylation sites is 1. The minimum Gasteiger partial charge on any atom is -0.361 e. The first-order valence-corrected chi connectivity index (χ1v) is 9.40. The monoisotopic (exact) mass is 379 g/mol. The fourth-order valence-electron chi connectivity index (χ4n) is 3.25. The molecule has 0 unspecified atom stereocenters. The predicted molar refractivity (Wildman–Crippen MR) is 109 cm³/mol. The number of halogens is 1. The quantitative estimate of drug-likeness (QED) is 0.633. The van der Waals surface area contributed by atoms with Gasteiger partial charge in [0.1, 0.15) is 6.07 Å². The molecule has 5 heteroatoms. The van der Waals surface area contributed by atoms with Crippen molar-refractivity contribution >= 4 is 28.4 Å². The number of carbonyl (C=O) groups excluding carboxylic acids is 1. The summed E-state index contributed by atoms with van der Waals surface area (Å²) in [6.45, 7) is 4.75. The van der Waals surface area contributed by atoms with Gasteiger partial charge in [-0.25, -0.2) is 0 Å². The van der Waals surface area contributed by atoms with Crippen molar-refractivity contribution in [2.24, 2.45) is 5.92 Å². The summed E-state index contributed by atoms with van der Waals surface area (Å²) < 4.78 is 0. The van der Waals surface area contributed by atoms with E-state index in [4.69, 9.17) is 11.6 Å². The predicted octanol–water partition coefficient (Wildman–Crippen LogP) is 4.99. The molecule has 0 bridgehead atoms. The summed E-state index contributed by atoms with van der Waals surface area (Å²) in [6.07, 6.45) is 2.20. The molecule has 0 saturated carbocycles. The van der Waals surface area contributed by atoms with Crippen molar-refractivity contribution in [3.05, 3.63) is 70.4 Å². The number of carbonyl (C=O) groups is 1. The number of rotatable bonds is 6. The summed E-state index contributed by atoms with van der Waals surface area (Å²) in [5.41, 5.74) is 3.22. The minimum absolute atomic E-state index is 0.0302. The summed E-state index contributed by atoms with van der Waals surface area (Å²) in [5.74, 6) is 0.109. The van der Waals surface area contributed by atoms with E-state index >= 15 is 0 Å². The van der Waals surface area contributed by atoms with Crippen LogP contribution in [-0.2, 0) is 4.79 Å². The van der Waals surface area contributed by atoms with Gasteiger partial charge in [-0.3, -0.25) is 4.79 Å². The van der Waals surface area contributed by atoms with Crippen molar-refractivity contribution in [2.75, 3.05) is 6.54 Å². The Morgan fingerprint density at radius 3 is 2.70 bits per heavy atom. The van der Waals surface area contributed by atoms with E-state index in [0.717, 1.165) is 22.0 Å². The number of nitrogens with zero attached hydrogens (tertiary/aromatic N) is 1. The van der Waals surface area contributed by atoms with Gasteiger partial charge in [0.25, 0.3) is 0 Å². The van der Waals surface area contributed by atoms with Crippen LogP contribution in [0, 0.1) is 17.2 Å². The number of amides is 1. The van der Waals surface area contributed by atoms with Crippen LogP contribution in [0.15, 0.2) is 48.7 Å². The molecule has 0 radical (unpaired) electrons. The molecule has 2 N–H and O–H groups in total. The lowest BCUT2D eigenvalue weighted by Gasteiger charge is -2.19. The Morgan fingerprint density at radius 1 is 1.19 bits per heavy atom. The van der Waals surface area contributed by atoms with E-state index in [2.05, 4.69) is 30.2 Å². The van der Waals surface area contributed by atoms with Crippen LogP contribution in [0.1, 0.15) is 42.9 Å². The lowest BCUT2D eigenvalue weighted by Crippen LogP contribution is -2.28. The number of aromatic amines is 1. The van der Waals surface area contributed by atoms with Gasteiger partial charge in [0.2, 0.25) is 5.91 Å². The largest absolute Gasteiger partial charge is 0.361 e. The van der Waals surface area contributed by atoms with Crippen LogP contribution in [0.5, 0.6) is 0 Å². The second-order valence-electron chi connectivity index (χ2n) is 7.06. The number of H-pyrrole nitrogens is 1. The van der Waals surface area contributed by atoms with Crippen molar-refractivity contribution in [3.8, 4) is 6.07 Å². The number of aromatic nitrogens is 1. The van der Waals surface area contributed by atoms with Crippen LogP contribution in [0.25, 0.3) is 10.9 Å². The lowest BCUT2D eigenvalue weighted by molar-refractivity contribution is -0.121. The third-order valence-corrected chi connectivity index (χ3v) is 5.04. The average molecular weight is 380 g/mol. The molecule has 1 amide bonds. The molecule has 0 saturated heterocycles. The van der Waals surface area contributed by atoms with Crippen molar-refractivity contribution in [1.82, 2.24) is 10.3 Å². The van der Waals surface area contributed by atoms with E-state index in [-0.39, 0.29) is 18.2 Å². The van der Waals surface area contributed by atoms with Crippen LogP contribution in [-0.4, -0.2) is 17.4 Å². The summed E-state index contributed by atoms with van der Waals surface area (Å²) in [5, 5.41) is 13.8. The number of hydrogen-bond acceptors (Lipinski definition) is 2. The summed E-state index contributed by atoms with van der Waals surface area (Å²) >= 11 is 6.52. The molecule has 3 aromatic rings. The Morgan fingerprint density at radius 2 is 1.96 bits per heavy atom. The number of hydrogen-bond donors (Lipinski definition) is 2. The van der Waals surface area contributed by atoms with Gasteiger partial charge in [0.15, 0.2) is 0 Å². The number of benzene rings is 2. The SMILES string of the molecule is CC(C)CNC(=O)C[C@H](c1cccc(C#N)c1Cl)c1c[nH]c2ccccc12. The van der Waals surface area contributed by atoms with E-state index in [9.17, 15) is 10.1 Å². The normalized spacial score (nSPS) is 12.1. The van der Waals surface area contributed by atoms with Crippen molar-refractivity contribution in [3.63, 3.8) is 0 Å². The van der Waals surface area contributed by atoms with Gasteiger partial charge in [0, 0.05) is 36.0 Å². The molecule has 0 aliphatic heterocycles. The molecule has 1 aromatic heterocycles. The molecule has 0 aliphatic carbocycles. The van der Waals surface area contributed by atoms with Gasteiger partial charge >= 0.3 is 0 Å². The molecule has 0 aliphatic rings. The Hall–Kier alpha value is -2.77. The zero-order valence-electron chi connectivity index (χ0n) is 15.4. The Balaban J connectivity index is 2.05. The van der Waals surface area contributed by atoms with Crippen LogP contribution in [0.4, 0.5) is 0 Å². The second-order valence-corrected chi connectivity index (χ2v) is 7.44. The minimum atomic E-state index is -0.242. The molecule has 27 heavy (non-hydrogen) atoms. The van der Waals surface area contributed by atoms with Crippen LogP contribution < -0.4 is 5.32 Å². The van der Waals surface area contributed by atoms with Gasteiger partial charge in [-0.2, -0.15) is 5.26 Å². The average Bonchev–Trinajstić information content (AvgIpc) is 3.09. The molecule has 0 spiro atoms. The van der Waals surface area contributed by atoms with E-state index < -0.39 is 0 Å². The maximum absolute atomic E-state index is 12.6. The van der Waals surface area contributed by atoms with Gasteiger partial charge in [-0.15, -0.1) is 0 Å². The number of nitrogens with one attached hydrogen (secondary N) is 2. The maximum atomic E-state index is 12.6. The first kappa shape index (κ1) is 19.0. The third kappa shape index (κ3) is 4.15. The van der Waals surface area contributed by atoms with Gasteiger partial charge in [-0.1, -0.05) is 55.8 Å². The molecule has 4 nitrogen and oxygen atoms in total. The molecule has 2 aromatic carbocycles. The molecule has 0 fully saturated rings. The fraction of sp³-hybridized carbons (Fsp3) is 0.273. The zero-order valence-corrected chi connectivity index (χ0v) is 16.2. The van der Waals surface area contributed by atoms with Gasteiger partial charge in [-0.05, 0) is 29.2 Å². The summed E-state index contributed by atoms with van der Waals surface area (Å²) in [4.78, 5) is 15.9. The van der Waals surface area contributed by atoms with Crippen molar-refractivity contribution in [1.29, 1.82) is 5.26 Å². The van der Waals surface area contributed by atoms with E-state index in [1.165, 1.54) is 0 Å². The molecule has 138 valence electrons. The first-order chi connectivity index (χ1) is 13.0. The summed E-state index contributed by atoms with van der Waals surface area (Å²) in [6, 6.07) is 15.5. The highest BCUT2D eigenvalue weighted by atomic mass is 35.5. The van der Waals surface area contributed by atoms with Crippen LogP contribution >= 0.6 is 11.6 Å². The van der Waals surface area contributed by atoms with E-state index in [1.807, 2.05) is 42.6 Å². The highest BCUT2D eigenvalue weighted by Crippen LogP contribution is 2.37. The Kier molecular flexibility index (Phi) is 5.83. The van der Waals surface area contributed by atoms with E-state index in [0.29, 0.717) is 23.0 Å². The first-order valence-electron chi connectivity index (χ1n) is 9.02. The molecular weight excluding hydrogens is 358 g/mol. The second kappa shape index (κ2) is 8.28. The summed E-state index contributed by atoms with van der Waals surface area (Å²) in [7, 11) is 0. The Bertz CT molecular complexity index is 1000.